The lowest BCUT2D eigenvalue weighted by Gasteiger charge is -2.38. The van der Waals surface area contributed by atoms with E-state index >= 15 is 0 Å². The Hall–Kier alpha value is -3.09. The van der Waals surface area contributed by atoms with Gasteiger partial charge in [0.1, 0.15) is 6.61 Å². The van der Waals surface area contributed by atoms with E-state index in [9.17, 15) is 13.6 Å². The van der Waals surface area contributed by atoms with Crippen molar-refractivity contribution < 1.29 is 18.3 Å². The Morgan fingerprint density at radius 1 is 1.28 bits per heavy atom. The number of piperidine rings is 1. The van der Waals surface area contributed by atoms with Gasteiger partial charge in [-0.25, -0.2) is 13.8 Å². The monoisotopic (exact) mass is 616 g/mol. The van der Waals surface area contributed by atoms with E-state index in [1.165, 1.54) is 17.4 Å². The Bertz CT molecular complexity index is 1470. The van der Waals surface area contributed by atoms with Gasteiger partial charge in [-0.1, -0.05) is 17.4 Å². The van der Waals surface area contributed by atoms with Crippen molar-refractivity contribution in [2.24, 2.45) is 0 Å². The third-order valence-electron chi connectivity index (χ3n) is 7.37. The smallest absolute Gasteiger partial charge is 0.261 e. The summed E-state index contributed by atoms with van der Waals surface area (Å²) in [5, 5.41) is 11.8. The van der Waals surface area contributed by atoms with Crippen molar-refractivity contribution >= 4 is 33.2 Å². The second-order valence-electron chi connectivity index (χ2n) is 9.87. The Kier molecular flexibility index (Phi) is 7.50. The number of fused-ring (bicyclic) bond motifs is 3. The molecule has 0 unspecified atom stereocenters. The van der Waals surface area contributed by atoms with Crippen LogP contribution in [0.1, 0.15) is 40.4 Å². The van der Waals surface area contributed by atoms with Crippen molar-refractivity contribution in [3.05, 3.63) is 75.7 Å². The van der Waals surface area contributed by atoms with Crippen LogP contribution in [0.5, 0.6) is 5.06 Å². The highest BCUT2D eigenvalue weighted by molar-refractivity contribution is 9.10. The molecule has 0 radical (unpaired) electrons. The van der Waals surface area contributed by atoms with Gasteiger partial charge in [-0.3, -0.25) is 9.48 Å². The number of nitrogens with one attached hydrogen (secondary N) is 2. The number of carbonyl (C=O) groups excluding carboxylic acids is 1. The van der Waals surface area contributed by atoms with Crippen molar-refractivity contribution in [1.29, 1.82) is 0 Å². The Balaban J connectivity index is 1.20. The van der Waals surface area contributed by atoms with E-state index in [2.05, 4.69) is 36.6 Å². The topological polar surface area (TPSA) is 86.0 Å². The summed E-state index contributed by atoms with van der Waals surface area (Å²) in [4.78, 5) is 18.1. The number of benzene rings is 1. The Morgan fingerprint density at radius 3 is 3.00 bits per heavy atom. The quantitative estimate of drug-likeness (QED) is 0.306. The molecule has 2 aliphatic heterocycles. The number of carbonyl (C=O) groups is 1. The lowest BCUT2D eigenvalue weighted by molar-refractivity contribution is 0.0922. The van der Waals surface area contributed by atoms with Crippen LogP contribution in [0.25, 0.3) is 11.3 Å². The Morgan fingerprint density at radius 2 is 2.18 bits per heavy atom. The van der Waals surface area contributed by atoms with Gasteiger partial charge in [0, 0.05) is 43.5 Å². The number of thiophene rings is 1. The van der Waals surface area contributed by atoms with Crippen LogP contribution in [-0.4, -0.2) is 50.5 Å². The number of aromatic nitrogens is 4. The van der Waals surface area contributed by atoms with Gasteiger partial charge in [-0.05, 0) is 59.0 Å². The van der Waals surface area contributed by atoms with Crippen molar-refractivity contribution in [1.82, 2.24) is 30.0 Å². The van der Waals surface area contributed by atoms with Gasteiger partial charge in [0.25, 0.3) is 5.91 Å². The van der Waals surface area contributed by atoms with Crippen LogP contribution in [-0.2, 0) is 13.1 Å². The number of hydrogen-bond acceptors (Lipinski definition) is 6. The largest absolute Gasteiger partial charge is 0.481 e. The molecule has 6 rings (SSSR count). The first-order chi connectivity index (χ1) is 19.0. The number of halogens is 3. The summed E-state index contributed by atoms with van der Waals surface area (Å²) in [6.07, 6.45) is 9.79. The third kappa shape index (κ3) is 5.50. The molecular weight excluding hydrogens is 590 g/mol. The fourth-order valence-electron chi connectivity index (χ4n) is 5.43. The van der Waals surface area contributed by atoms with Crippen LogP contribution in [0.4, 0.5) is 8.78 Å². The zero-order valence-electron chi connectivity index (χ0n) is 20.9. The van der Waals surface area contributed by atoms with Crippen LogP contribution in [0.2, 0.25) is 0 Å². The maximum Gasteiger partial charge on any atom is 0.261 e. The number of amides is 1. The second-order valence-corrected chi connectivity index (χ2v) is 11.7. The van der Waals surface area contributed by atoms with E-state index in [4.69, 9.17) is 4.74 Å². The molecule has 0 aliphatic carbocycles. The first-order valence-electron chi connectivity index (χ1n) is 12.9. The van der Waals surface area contributed by atoms with Crippen LogP contribution in [0, 0.1) is 11.6 Å². The standard InChI is InChI=1S/C27H27BrF2N6O2S/c28-20-13-33-36-8-9-38-27-19(25(20)36)12-24(39-27)26(37)34-23-14-32-17(2-1-6-35-7-5-31-15-35)11-18(23)16-3-4-21(29)22(30)10-16/h3-5,7,10,12-13,15,17-18,23,32H,1-2,6,8-9,11,14H2,(H,34,37)/t17-,18+,23-/m1/s1. The molecule has 2 aliphatic rings. The number of nitrogens with zero attached hydrogens (tertiary/aromatic N) is 4. The van der Waals surface area contributed by atoms with Crippen LogP contribution in [0.3, 0.4) is 0 Å². The molecule has 8 nitrogen and oxygen atoms in total. The summed E-state index contributed by atoms with van der Waals surface area (Å²) >= 11 is 4.86. The van der Waals surface area contributed by atoms with Crippen LogP contribution < -0.4 is 15.4 Å². The average molecular weight is 618 g/mol. The second kappa shape index (κ2) is 11.2. The van der Waals surface area contributed by atoms with E-state index in [0.29, 0.717) is 41.6 Å². The van der Waals surface area contributed by atoms with Crippen molar-refractivity contribution in [3.8, 4) is 16.3 Å². The van der Waals surface area contributed by atoms with Gasteiger partial charge in [0.2, 0.25) is 0 Å². The number of imidazole rings is 1. The fourth-order valence-corrected chi connectivity index (χ4v) is 6.88. The molecule has 39 heavy (non-hydrogen) atoms. The number of rotatable bonds is 7. The number of ether oxygens (including phenoxy) is 1. The first-order valence-corrected chi connectivity index (χ1v) is 14.5. The van der Waals surface area contributed by atoms with E-state index in [1.807, 2.05) is 21.5 Å². The van der Waals surface area contributed by atoms with Gasteiger partial charge in [0.15, 0.2) is 16.7 Å². The predicted molar refractivity (Wildman–Crippen MR) is 147 cm³/mol. The van der Waals surface area contributed by atoms with Gasteiger partial charge >= 0.3 is 0 Å². The van der Waals surface area contributed by atoms with E-state index in [1.54, 1.807) is 24.8 Å². The molecule has 12 heteroatoms. The predicted octanol–water partition coefficient (Wildman–Crippen LogP) is 4.97. The fraction of sp³-hybridized carbons (Fsp3) is 0.370. The van der Waals surface area contributed by atoms with Gasteiger partial charge in [-0.2, -0.15) is 5.10 Å². The summed E-state index contributed by atoms with van der Waals surface area (Å²) in [6, 6.07) is 5.76. The van der Waals surface area contributed by atoms with E-state index in [-0.39, 0.29) is 23.9 Å². The summed E-state index contributed by atoms with van der Waals surface area (Å²) in [6.45, 7) is 2.46. The van der Waals surface area contributed by atoms with Crippen molar-refractivity contribution in [2.45, 2.75) is 50.4 Å². The van der Waals surface area contributed by atoms with Gasteiger partial charge < -0.3 is 19.9 Å². The average Bonchev–Trinajstić information content (AvgIpc) is 3.65. The summed E-state index contributed by atoms with van der Waals surface area (Å²) < 4.78 is 38.6. The molecule has 3 atom stereocenters. The van der Waals surface area contributed by atoms with E-state index in [0.717, 1.165) is 41.2 Å². The highest BCUT2D eigenvalue weighted by atomic mass is 79.9. The maximum absolute atomic E-state index is 14.2. The Labute approximate surface area is 236 Å². The molecule has 5 heterocycles. The molecule has 4 aromatic rings. The molecule has 1 amide bonds. The number of aryl methyl sites for hydroxylation is 1. The van der Waals surface area contributed by atoms with Gasteiger partial charge in [0.05, 0.1) is 39.7 Å². The molecule has 2 N–H and O–H groups in total. The highest BCUT2D eigenvalue weighted by Crippen LogP contribution is 2.43. The molecule has 1 aromatic carbocycles. The third-order valence-corrected chi connectivity index (χ3v) is 9.00. The van der Waals surface area contributed by atoms with E-state index < -0.39 is 11.6 Å². The van der Waals surface area contributed by atoms with Crippen molar-refractivity contribution in [3.63, 3.8) is 0 Å². The minimum atomic E-state index is -0.880. The number of hydrogen-bond donors (Lipinski definition) is 2. The highest BCUT2D eigenvalue weighted by Gasteiger charge is 2.34. The first kappa shape index (κ1) is 26.1. The lowest BCUT2D eigenvalue weighted by Crippen LogP contribution is -2.53. The molecular formula is C27H27BrF2N6O2S. The summed E-state index contributed by atoms with van der Waals surface area (Å²) in [5.74, 6) is -2.16. The lowest BCUT2D eigenvalue weighted by atomic mass is 9.81. The van der Waals surface area contributed by atoms with Crippen molar-refractivity contribution in [2.75, 3.05) is 13.2 Å². The normalized spacial score (nSPS) is 20.5. The molecule has 0 saturated carbocycles. The zero-order valence-corrected chi connectivity index (χ0v) is 23.4. The minimum Gasteiger partial charge on any atom is -0.481 e. The SMILES string of the molecule is O=C(N[C@@H]1CN[C@H](CCCn2ccnc2)C[C@H]1c1ccc(F)c(F)c1)c1cc2c(s1)OCCn1ncc(Br)c1-2. The molecule has 0 bridgehead atoms. The molecule has 204 valence electrons. The van der Waals surface area contributed by atoms with Gasteiger partial charge in [-0.15, -0.1) is 0 Å². The maximum atomic E-state index is 14.2. The minimum absolute atomic E-state index is 0.173. The molecule has 1 fully saturated rings. The molecule has 0 spiro atoms. The molecule has 3 aromatic heterocycles. The van der Waals surface area contributed by atoms with Crippen LogP contribution in [0.15, 0.2) is 53.7 Å². The van der Waals surface area contributed by atoms with Crippen LogP contribution >= 0.6 is 27.3 Å². The molecule has 1 saturated heterocycles. The summed E-state index contributed by atoms with van der Waals surface area (Å²) in [5.41, 5.74) is 2.39. The summed E-state index contributed by atoms with van der Waals surface area (Å²) in [7, 11) is 0. The zero-order chi connectivity index (χ0) is 26.9.